The Balaban J connectivity index is 2.56. The summed E-state index contributed by atoms with van der Waals surface area (Å²) in [6, 6.07) is 14.4. The van der Waals surface area contributed by atoms with Crippen LogP contribution >= 0.6 is 0 Å². The predicted molar refractivity (Wildman–Crippen MR) is 92.6 cm³/mol. The number of benzene rings is 2. The van der Waals surface area contributed by atoms with Gasteiger partial charge in [-0.25, -0.2) is 0 Å². The summed E-state index contributed by atoms with van der Waals surface area (Å²) >= 11 is 0. The van der Waals surface area contributed by atoms with Crippen LogP contribution in [-0.2, 0) is 6.42 Å². The van der Waals surface area contributed by atoms with Crippen LogP contribution in [0.1, 0.15) is 12.5 Å². The third-order valence-corrected chi connectivity index (χ3v) is 3.31. The Morgan fingerprint density at radius 2 is 1.64 bits per heavy atom. The van der Waals surface area contributed by atoms with Crippen molar-refractivity contribution < 1.29 is 9.47 Å². The zero-order valence-electron chi connectivity index (χ0n) is 13.0. The van der Waals surface area contributed by atoms with E-state index in [1.807, 2.05) is 24.3 Å². The Hall–Kier alpha value is -2.48. The van der Waals surface area contributed by atoms with Crippen molar-refractivity contribution in [2.45, 2.75) is 13.3 Å². The molecule has 0 aromatic heterocycles. The summed E-state index contributed by atoms with van der Waals surface area (Å²) in [6.07, 6.45) is 4.41. The molecule has 0 atom stereocenters. The minimum atomic E-state index is 0.440. The first-order valence-corrected chi connectivity index (χ1v) is 7.49. The van der Waals surface area contributed by atoms with Crippen LogP contribution < -0.4 is 9.47 Å². The molecule has 0 aliphatic rings. The van der Waals surface area contributed by atoms with E-state index in [4.69, 9.17) is 9.47 Å². The monoisotopic (exact) mass is 294 g/mol. The van der Waals surface area contributed by atoms with Gasteiger partial charge in [0, 0.05) is 5.56 Å². The molecule has 2 nitrogen and oxygen atoms in total. The van der Waals surface area contributed by atoms with E-state index in [-0.39, 0.29) is 0 Å². The van der Waals surface area contributed by atoms with Crippen molar-refractivity contribution in [1.82, 2.24) is 0 Å². The molecule has 0 heterocycles. The second kappa shape index (κ2) is 8.08. The summed E-state index contributed by atoms with van der Waals surface area (Å²) in [4.78, 5) is 0. The van der Waals surface area contributed by atoms with E-state index < -0.39 is 0 Å². The summed E-state index contributed by atoms with van der Waals surface area (Å²) < 4.78 is 11.7. The fourth-order valence-corrected chi connectivity index (χ4v) is 2.24. The first-order chi connectivity index (χ1) is 10.8. The van der Waals surface area contributed by atoms with Gasteiger partial charge < -0.3 is 9.47 Å². The van der Waals surface area contributed by atoms with E-state index in [2.05, 4.69) is 38.3 Å². The van der Waals surface area contributed by atoms with E-state index >= 15 is 0 Å². The van der Waals surface area contributed by atoms with Gasteiger partial charge >= 0.3 is 0 Å². The van der Waals surface area contributed by atoms with Crippen LogP contribution in [0.15, 0.2) is 67.8 Å². The van der Waals surface area contributed by atoms with Gasteiger partial charge in [0.2, 0.25) is 0 Å². The first-order valence-electron chi connectivity index (χ1n) is 7.49. The summed E-state index contributed by atoms with van der Waals surface area (Å²) in [5, 5.41) is 0. The molecule has 2 rings (SSSR count). The number of rotatable bonds is 8. The lowest BCUT2D eigenvalue weighted by Crippen LogP contribution is -2.02. The molecule has 22 heavy (non-hydrogen) atoms. The maximum absolute atomic E-state index is 5.89. The Morgan fingerprint density at radius 1 is 0.955 bits per heavy atom. The number of hydrogen-bond acceptors (Lipinski definition) is 2. The van der Waals surface area contributed by atoms with Crippen molar-refractivity contribution in [2.24, 2.45) is 0 Å². The highest BCUT2D eigenvalue weighted by molar-refractivity contribution is 5.75. The van der Waals surface area contributed by atoms with Crippen LogP contribution in [0.2, 0.25) is 0 Å². The van der Waals surface area contributed by atoms with Crippen molar-refractivity contribution in [3.63, 3.8) is 0 Å². The van der Waals surface area contributed by atoms with Crippen LogP contribution in [0.4, 0.5) is 0 Å². The van der Waals surface area contributed by atoms with Crippen molar-refractivity contribution in [3.05, 3.63) is 73.3 Å². The Bertz CT molecular complexity index is 630. The topological polar surface area (TPSA) is 18.5 Å². The Kier molecular flexibility index (Phi) is 5.84. The average molecular weight is 294 g/mol. The molecule has 0 aliphatic carbocycles. The minimum Gasteiger partial charge on any atom is -0.486 e. The van der Waals surface area contributed by atoms with Crippen LogP contribution in [0, 0.1) is 0 Å². The third-order valence-electron chi connectivity index (χ3n) is 3.31. The van der Waals surface area contributed by atoms with Crippen molar-refractivity contribution >= 4 is 0 Å². The van der Waals surface area contributed by atoms with E-state index in [9.17, 15) is 0 Å². The van der Waals surface area contributed by atoms with Gasteiger partial charge in [0.05, 0.1) is 0 Å². The van der Waals surface area contributed by atoms with E-state index in [0.29, 0.717) is 13.2 Å². The molecular weight excluding hydrogens is 272 g/mol. The molecule has 0 spiro atoms. The molecule has 0 N–H and O–H groups in total. The Morgan fingerprint density at radius 3 is 2.27 bits per heavy atom. The molecule has 0 aliphatic heterocycles. The number of ether oxygens (including phenoxy) is 2. The van der Waals surface area contributed by atoms with Gasteiger partial charge in [0.25, 0.3) is 0 Å². The second-order valence-electron chi connectivity index (χ2n) is 4.89. The zero-order chi connectivity index (χ0) is 15.8. The molecule has 2 aromatic carbocycles. The molecule has 0 bridgehead atoms. The molecule has 0 unspecified atom stereocenters. The average Bonchev–Trinajstić information content (AvgIpc) is 2.58. The van der Waals surface area contributed by atoms with Crippen molar-refractivity contribution in [3.8, 4) is 22.6 Å². The SMILES string of the molecule is C=CCOc1cc(CC)cc(-c2ccccc2)c1OCC=C. The number of hydrogen-bond donors (Lipinski definition) is 0. The van der Waals surface area contributed by atoms with Crippen LogP contribution in [-0.4, -0.2) is 13.2 Å². The van der Waals surface area contributed by atoms with Gasteiger partial charge in [-0.1, -0.05) is 62.6 Å². The molecular formula is C20H22O2. The highest BCUT2D eigenvalue weighted by Gasteiger charge is 2.14. The lowest BCUT2D eigenvalue weighted by atomic mass is 10.00. The molecule has 2 heteroatoms. The molecule has 114 valence electrons. The van der Waals surface area contributed by atoms with Crippen LogP contribution in [0.5, 0.6) is 11.5 Å². The highest BCUT2D eigenvalue weighted by Crippen LogP contribution is 2.39. The fraction of sp³-hybridized carbons (Fsp3) is 0.200. The number of aryl methyl sites for hydroxylation is 1. The van der Waals surface area contributed by atoms with Gasteiger partial charge in [0.15, 0.2) is 11.5 Å². The smallest absolute Gasteiger partial charge is 0.169 e. The molecule has 0 fully saturated rings. The summed E-state index contributed by atoms with van der Waals surface area (Å²) in [6.45, 7) is 10.5. The molecule has 2 aromatic rings. The van der Waals surface area contributed by atoms with Gasteiger partial charge in [-0.3, -0.25) is 0 Å². The van der Waals surface area contributed by atoms with Gasteiger partial charge in [-0.05, 0) is 29.7 Å². The normalized spacial score (nSPS) is 10.0. The minimum absolute atomic E-state index is 0.440. The quantitative estimate of drug-likeness (QED) is 0.635. The van der Waals surface area contributed by atoms with Crippen LogP contribution in [0.25, 0.3) is 11.1 Å². The fourth-order valence-electron chi connectivity index (χ4n) is 2.24. The van der Waals surface area contributed by atoms with Crippen LogP contribution in [0.3, 0.4) is 0 Å². The summed E-state index contributed by atoms with van der Waals surface area (Å²) in [5.74, 6) is 1.50. The molecule has 0 saturated carbocycles. The molecule has 0 saturated heterocycles. The molecule has 0 amide bonds. The first kappa shape index (κ1) is 15.9. The summed E-state index contributed by atoms with van der Waals surface area (Å²) in [7, 11) is 0. The van der Waals surface area contributed by atoms with Gasteiger partial charge in [-0.2, -0.15) is 0 Å². The maximum Gasteiger partial charge on any atom is 0.169 e. The van der Waals surface area contributed by atoms with Gasteiger partial charge in [-0.15, -0.1) is 0 Å². The third kappa shape index (κ3) is 3.79. The van der Waals surface area contributed by atoms with Crippen molar-refractivity contribution in [2.75, 3.05) is 13.2 Å². The lowest BCUT2D eigenvalue weighted by Gasteiger charge is -2.17. The predicted octanol–water partition coefficient (Wildman–Crippen LogP) is 5.05. The maximum atomic E-state index is 5.89. The van der Waals surface area contributed by atoms with E-state index in [0.717, 1.165) is 29.0 Å². The standard InChI is InChI=1S/C20H22O2/c1-4-12-21-19-15-16(6-3)14-18(20(19)22-13-5-2)17-10-8-7-9-11-17/h4-5,7-11,14-15H,1-2,6,12-13H2,3H3. The summed E-state index contributed by atoms with van der Waals surface area (Å²) in [5.41, 5.74) is 3.37. The molecule has 0 radical (unpaired) electrons. The van der Waals surface area contributed by atoms with Gasteiger partial charge in [0.1, 0.15) is 13.2 Å². The second-order valence-corrected chi connectivity index (χ2v) is 4.89. The van der Waals surface area contributed by atoms with Crippen molar-refractivity contribution in [1.29, 1.82) is 0 Å². The van der Waals surface area contributed by atoms with E-state index in [1.54, 1.807) is 12.2 Å². The zero-order valence-corrected chi connectivity index (χ0v) is 13.0. The highest BCUT2D eigenvalue weighted by atomic mass is 16.5. The van der Waals surface area contributed by atoms with E-state index in [1.165, 1.54) is 5.56 Å². The largest absolute Gasteiger partial charge is 0.486 e. The Labute approximate surface area is 132 Å². The lowest BCUT2D eigenvalue weighted by molar-refractivity contribution is 0.309.